The number of carbonyl (C=O) groups excluding carboxylic acids is 1. The van der Waals surface area contributed by atoms with Crippen LogP contribution in [0, 0.1) is 0 Å². The van der Waals surface area contributed by atoms with Crippen LogP contribution in [-0.2, 0) is 12.8 Å². The molecule has 0 N–H and O–H groups in total. The lowest BCUT2D eigenvalue weighted by Gasteiger charge is -2.04. The molecule has 1 nitrogen and oxygen atoms in total. The van der Waals surface area contributed by atoms with E-state index in [-0.39, 0.29) is 5.78 Å². The number of halogens is 1. The zero-order chi connectivity index (χ0) is 14.9. The Bertz CT molecular complexity index is 546. The average molecular weight is 392 g/mol. The Morgan fingerprint density at radius 1 is 0.810 bits per heavy atom. The van der Waals surface area contributed by atoms with Crippen molar-refractivity contribution < 1.29 is 4.79 Å². The minimum atomic E-state index is 0.268. The minimum absolute atomic E-state index is 0.268. The fourth-order valence-corrected chi connectivity index (χ4v) is 2.99. The van der Waals surface area contributed by atoms with E-state index in [1.807, 2.05) is 18.2 Å². The summed E-state index contributed by atoms with van der Waals surface area (Å²) in [5.74, 6) is 0.268. The maximum absolute atomic E-state index is 12.1. The first-order chi connectivity index (χ1) is 10.3. The largest absolute Gasteiger partial charge is 0.294 e. The molecule has 0 unspecified atom stereocenters. The molecule has 0 aromatic heterocycles. The molecule has 21 heavy (non-hydrogen) atoms. The van der Waals surface area contributed by atoms with E-state index in [2.05, 4.69) is 59.0 Å². The van der Waals surface area contributed by atoms with Crippen LogP contribution in [-0.4, -0.2) is 10.2 Å². The summed E-state index contributed by atoms with van der Waals surface area (Å²) in [5.41, 5.74) is 3.52. The molecule has 0 saturated heterocycles. The fraction of sp³-hybridized carbons (Fsp3) is 0.316. The molecule has 2 heteroatoms. The summed E-state index contributed by atoms with van der Waals surface area (Å²) in [4.78, 5) is 12.1. The smallest absolute Gasteiger partial charge is 0.162 e. The second-order valence-electron chi connectivity index (χ2n) is 5.25. The second kappa shape index (κ2) is 8.98. The Morgan fingerprint density at radius 3 is 2.14 bits per heavy atom. The number of carbonyl (C=O) groups is 1. The van der Waals surface area contributed by atoms with Gasteiger partial charge in [-0.05, 0) is 36.8 Å². The Morgan fingerprint density at radius 2 is 1.48 bits per heavy atom. The van der Waals surface area contributed by atoms with Gasteiger partial charge in [0, 0.05) is 16.4 Å². The highest BCUT2D eigenvalue weighted by atomic mass is 127. The van der Waals surface area contributed by atoms with E-state index >= 15 is 0 Å². The normalized spacial score (nSPS) is 10.5. The van der Waals surface area contributed by atoms with Crippen molar-refractivity contribution in [2.75, 3.05) is 4.43 Å². The molecule has 0 heterocycles. The molecule has 0 radical (unpaired) electrons. The number of ketones is 1. The van der Waals surface area contributed by atoms with E-state index in [9.17, 15) is 4.79 Å². The summed E-state index contributed by atoms with van der Waals surface area (Å²) in [6.07, 6.45) is 4.82. The van der Waals surface area contributed by atoms with Gasteiger partial charge in [0.1, 0.15) is 0 Å². The van der Waals surface area contributed by atoms with Gasteiger partial charge in [0.25, 0.3) is 0 Å². The zero-order valence-electron chi connectivity index (χ0n) is 12.2. The molecular weight excluding hydrogens is 371 g/mol. The van der Waals surface area contributed by atoms with E-state index < -0.39 is 0 Å². The summed E-state index contributed by atoms with van der Waals surface area (Å²) < 4.78 is 1.12. The van der Waals surface area contributed by atoms with Crippen LogP contribution in [0.3, 0.4) is 0 Å². The Kier molecular flexibility index (Phi) is 6.93. The van der Waals surface area contributed by atoms with Gasteiger partial charge >= 0.3 is 0 Å². The molecule has 2 aromatic rings. The van der Waals surface area contributed by atoms with E-state index in [1.165, 1.54) is 11.1 Å². The minimum Gasteiger partial charge on any atom is -0.294 e. The van der Waals surface area contributed by atoms with Crippen LogP contribution >= 0.6 is 22.6 Å². The first-order valence-electron chi connectivity index (χ1n) is 7.51. The van der Waals surface area contributed by atoms with Crippen molar-refractivity contribution in [3.05, 3.63) is 71.3 Å². The van der Waals surface area contributed by atoms with Crippen molar-refractivity contribution in [3.63, 3.8) is 0 Å². The van der Waals surface area contributed by atoms with Gasteiger partial charge in [-0.1, -0.05) is 77.2 Å². The van der Waals surface area contributed by atoms with Gasteiger partial charge < -0.3 is 0 Å². The van der Waals surface area contributed by atoms with Crippen LogP contribution in [0.2, 0.25) is 0 Å². The van der Waals surface area contributed by atoms with Crippen molar-refractivity contribution in [2.24, 2.45) is 0 Å². The molecule has 110 valence electrons. The highest BCUT2D eigenvalue weighted by Gasteiger charge is 2.05. The molecule has 0 aliphatic heterocycles. The van der Waals surface area contributed by atoms with Gasteiger partial charge in [0.2, 0.25) is 0 Å². The van der Waals surface area contributed by atoms with E-state index in [0.717, 1.165) is 35.7 Å². The average Bonchev–Trinajstić information content (AvgIpc) is 2.53. The molecular formula is C19H21IO. The van der Waals surface area contributed by atoms with Crippen LogP contribution in [0.1, 0.15) is 40.7 Å². The number of Topliss-reactive ketones (excluding diaryl/α,β-unsaturated/α-hetero) is 1. The maximum Gasteiger partial charge on any atom is 0.162 e. The van der Waals surface area contributed by atoms with Crippen LogP contribution < -0.4 is 0 Å². The zero-order valence-corrected chi connectivity index (χ0v) is 14.4. The SMILES string of the molecule is O=C(CCCCc1ccccc1)c1ccc(CCI)cc1. The topological polar surface area (TPSA) is 17.1 Å². The summed E-state index contributed by atoms with van der Waals surface area (Å²) in [6, 6.07) is 18.6. The van der Waals surface area contributed by atoms with Crippen LogP contribution in [0.5, 0.6) is 0 Å². The first kappa shape index (κ1) is 16.2. The third kappa shape index (κ3) is 5.62. The standard InChI is InChI=1S/C19H21IO/c20-15-14-17-10-12-18(13-11-17)19(21)9-5-4-8-16-6-2-1-3-7-16/h1-3,6-7,10-13H,4-5,8-9,14-15H2. The third-order valence-electron chi connectivity index (χ3n) is 3.62. The van der Waals surface area contributed by atoms with Gasteiger partial charge in [0.05, 0.1) is 0 Å². The van der Waals surface area contributed by atoms with Crippen molar-refractivity contribution >= 4 is 28.4 Å². The fourth-order valence-electron chi connectivity index (χ4n) is 2.37. The van der Waals surface area contributed by atoms with E-state index in [4.69, 9.17) is 0 Å². The van der Waals surface area contributed by atoms with Gasteiger partial charge in [-0.15, -0.1) is 0 Å². The lowest BCUT2D eigenvalue weighted by Crippen LogP contribution is -2.00. The maximum atomic E-state index is 12.1. The molecule has 0 atom stereocenters. The van der Waals surface area contributed by atoms with Gasteiger partial charge in [0.15, 0.2) is 5.78 Å². The van der Waals surface area contributed by atoms with E-state index in [0.29, 0.717) is 6.42 Å². The van der Waals surface area contributed by atoms with Crippen molar-refractivity contribution in [3.8, 4) is 0 Å². The van der Waals surface area contributed by atoms with Crippen LogP contribution in [0.4, 0.5) is 0 Å². The third-order valence-corrected chi connectivity index (χ3v) is 4.16. The molecule has 0 bridgehead atoms. The van der Waals surface area contributed by atoms with Gasteiger partial charge in [-0.25, -0.2) is 0 Å². The predicted molar refractivity (Wildman–Crippen MR) is 97.4 cm³/mol. The van der Waals surface area contributed by atoms with Gasteiger partial charge in [-0.3, -0.25) is 4.79 Å². The van der Waals surface area contributed by atoms with Crippen molar-refractivity contribution in [1.29, 1.82) is 0 Å². The highest BCUT2D eigenvalue weighted by Crippen LogP contribution is 2.12. The Labute approximate surface area is 140 Å². The number of benzene rings is 2. The first-order valence-corrected chi connectivity index (χ1v) is 9.04. The number of hydrogen-bond acceptors (Lipinski definition) is 1. The number of alkyl halides is 1. The summed E-state index contributed by atoms with van der Waals surface area (Å²) in [6.45, 7) is 0. The monoisotopic (exact) mass is 392 g/mol. The lowest BCUT2D eigenvalue weighted by atomic mass is 10.0. The molecule has 2 rings (SSSR count). The second-order valence-corrected chi connectivity index (χ2v) is 6.33. The number of unbranched alkanes of at least 4 members (excludes halogenated alkanes) is 1. The van der Waals surface area contributed by atoms with Crippen LogP contribution in [0.25, 0.3) is 0 Å². The lowest BCUT2D eigenvalue weighted by molar-refractivity contribution is 0.0979. The molecule has 0 spiro atoms. The van der Waals surface area contributed by atoms with Gasteiger partial charge in [-0.2, -0.15) is 0 Å². The summed E-state index contributed by atoms with van der Waals surface area (Å²) in [7, 11) is 0. The quantitative estimate of drug-likeness (QED) is 0.259. The summed E-state index contributed by atoms with van der Waals surface area (Å²) in [5, 5.41) is 0. The molecule has 0 aliphatic carbocycles. The van der Waals surface area contributed by atoms with Crippen LogP contribution in [0.15, 0.2) is 54.6 Å². The summed E-state index contributed by atoms with van der Waals surface area (Å²) >= 11 is 2.37. The molecule has 0 fully saturated rings. The molecule has 2 aromatic carbocycles. The van der Waals surface area contributed by atoms with E-state index in [1.54, 1.807) is 0 Å². The molecule has 0 aliphatic rings. The molecule has 0 amide bonds. The highest BCUT2D eigenvalue weighted by molar-refractivity contribution is 14.1. The van der Waals surface area contributed by atoms with Crippen molar-refractivity contribution in [1.82, 2.24) is 0 Å². The number of rotatable bonds is 8. The Balaban J connectivity index is 1.74. The van der Waals surface area contributed by atoms with Crippen molar-refractivity contribution in [2.45, 2.75) is 32.1 Å². The number of aryl methyl sites for hydroxylation is 2. The molecule has 0 saturated carbocycles. The number of hydrogen-bond donors (Lipinski definition) is 0. The predicted octanol–water partition coefficient (Wildman–Crippen LogP) is 5.26. The Hall–Kier alpha value is -1.16.